The van der Waals surface area contributed by atoms with Crippen LogP contribution in [-0.4, -0.2) is 37.6 Å². The number of sulfonamides is 1. The lowest BCUT2D eigenvalue weighted by molar-refractivity contribution is 0.316. The zero-order valence-corrected chi connectivity index (χ0v) is 9.17. The monoisotopic (exact) mass is 218 g/mol. The lowest BCUT2D eigenvalue weighted by atomic mass is 10.1. The molecule has 0 amide bonds. The van der Waals surface area contributed by atoms with E-state index in [4.69, 9.17) is 5.73 Å². The molecular weight excluding hydrogens is 200 g/mol. The van der Waals surface area contributed by atoms with Gasteiger partial charge in [-0.2, -0.15) is 0 Å². The van der Waals surface area contributed by atoms with Crippen molar-refractivity contribution in [3.8, 4) is 0 Å². The van der Waals surface area contributed by atoms with Crippen LogP contribution in [0.5, 0.6) is 0 Å². The van der Waals surface area contributed by atoms with Crippen LogP contribution in [-0.2, 0) is 10.0 Å². The molecule has 4 nitrogen and oxygen atoms in total. The van der Waals surface area contributed by atoms with Gasteiger partial charge in [0.1, 0.15) is 0 Å². The predicted molar refractivity (Wildman–Crippen MR) is 57.4 cm³/mol. The number of allylic oxidation sites excluding steroid dienone is 1. The topological polar surface area (TPSA) is 63.4 Å². The molecule has 0 aliphatic carbocycles. The highest BCUT2D eigenvalue weighted by atomic mass is 32.2. The van der Waals surface area contributed by atoms with Crippen molar-refractivity contribution < 1.29 is 8.42 Å². The molecule has 0 unspecified atom stereocenters. The first-order chi connectivity index (χ1) is 6.56. The Morgan fingerprint density at radius 1 is 1.57 bits per heavy atom. The molecule has 0 radical (unpaired) electrons. The Bertz CT molecular complexity index is 287. The van der Waals surface area contributed by atoms with Crippen molar-refractivity contribution in [1.29, 1.82) is 0 Å². The van der Waals surface area contributed by atoms with Gasteiger partial charge >= 0.3 is 0 Å². The summed E-state index contributed by atoms with van der Waals surface area (Å²) in [7, 11) is -3.10. The zero-order valence-electron chi connectivity index (χ0n) is 8.35. The van der Waals surface area contributed by atoms with Crippen LogP contribution in [0.4, 0.5) is 0 Å². The van der Waals surface area contributed by atoms with E-state index in [9.17, 15) is 8.42 Å². The first kappa shape index (κ1) is 11.7. The molecule has 1 rings (SSSR count). The van der Waals surface area contributed by atoms with Gasteiger partial charge in [-0.25, -0.2) is 12.7 Å². The first-order valence-electron chi connectivity index (χ1n) is 4.90. The summed E-state index contributed by atoms with van der Waals surface area (Å²) in [6, 6.07) is 0.00209. The molecule has 0 aromatic heterocycles. The van der Waals surface area contributed by atoms with E-state index in [0.717, 1.165) is 12.8 Å². The Morgan fingerprint density at radius 3 is 2.86 bits per heavy atom. The van der Waals surface area contributed by atoms with E-state index >= 15 is 0 Å². The third-order valence-electron chi connectivity index (χ3n) is 2.39. The van der Waals surface area contributed by atoms with Gasteiger partial charge in [0.25, 0.3) is 0 Å². The van der Waals surface area contributed by atoms with E-state index in [1.165, 1.54) is 4.31 Å². The molecule has 0 aromatic carbocycles. The summed E-state index contributed by atoms with van der Waals surface area (Å²) in [5.74, 6) is 0.156. The van der Waals surface area contributed by atoms with Gasteiger partial charge in [0.2, 0.25) is 10.0 Å². The highest BCUT2D eigenvalue weighted by molar-refractivity contribution is 7.89. The minimum Gasteiger partial charge on any atom is -0.327 e. The van der Waals surface area contributed by atoms with Gasteiger partial charge in [0.15, 0.2) is 0 Å². The third-order valence-corrected chi connectivity index (χ3v) is 4.26. The van der Waals surface area contributed by atoms with Crippen LogP contribution in [0, 0.1) is 0 Å². The van der Waals surface area contributed by atoms with Crippen LogP contribution in [0.1, 0.15) is 19.3 Å². The van der Waals surface area contributed by atoms with E-state index in [0.29, 0.717) is 19.5 Å². The lowest BCUT2D eigenvalue weighted by Crippen LogP contribution is -2.46. The van der Waals surface area contributed by atoms with Gasteiger partial charge in [-0.3, -0.25) is 0 Å². The molecule has 1 atom stereocenters. The number of hydrogen-bond acceptors (Lipinski definition) is 3. The lowest BCUT2D eigenvalue weighted by Gasteiger charge is -2.29. The molecular formula is C9H18N2O2S. The van der Waals surface area contributed by atoms with Crippen LogP contribution in [0.25, 0.3) is 0 Å². The quantitative estimate of drug-likeness (QED) is 0.691. The van der Waals surface area contributed by atoms with Crippen LogP contribution < -0.4 is 5.73 Å². The summed E-state index contributed by atoms with van der Waals surface area (Å²) in [5, 5.41) is 0. The van der Waals surface area contributed by atoms with Crippen molar-refractivity contribution in [3.63, 3.8) is 0 Å². The summed E-state index contributed by atoms with van der Waals surface area (Å²) >= 11 is 0. The molecule has 1 saturated heterocycles. The summed E-state index contributed by atoms with van der Waals surface area (Å²) in [6.45, 7) is 4.61. The Balaban J connectivity index is 2.57. The molecule has 1 fully saturated rings. The first-order valence-corrected chi connectivity index (χ1v) is 6.51. The van der Waals surface area contributed by atoms with Gasteiger partial charge in [-0.1, -0.05) is 6.08 Å². The normalized spacial score (nSPS) is 24.8. The number of nitrogens with zero attached hydrogens (tertiary/aromatic N) is 1. The minimum atomic E-state index is -3.10. The van der Waals surface area contributed by atoms with Crippen molar-refractivity contribution in [2.45, 2.75) is 25.3 Å². The smallest absolute Gasteiger partial charge is 0.214 e. The Labute approximate surface area is 85.8 Å². The van der Waals surface area contributed by atoms with E-state index in [1.54, 1.807) is 6.08 Å². The predicted octanol–water partition coefficient (Wildman–Crippen LogP) is 0.315. The average Bonchev–Trinajstić information content (AvgIpc) is 2.15. The maximum atomic E-state index is 11.7. The molecule has 0 bridgehead atoms. The fourth-order valence-electron chi connectivity index (χ4n) is 1.59. The van der Waals surface area contributed by atoms with Gasteiger partial charge < -0.3 is 5.73 Å². The van der Waals surface area contributed by atoms with Crippen LogP contribution in [0.2, 0.25) is 0 Å². The van der Waals surface area contributed by atoms with E-state index in [-0.39, 0.29) is 11.8 Å². The summed E-state index contributed by atoms with van der Waals surface area (Å²) < 4.78 is 24.9. The van der Waals surface area contributed by atoms with Gasteiger partial charge in [-0.15, -0.1) is 6.58 Å². The number of piperidine rings is 1. The maximum Gasteiger partial charge on any atom is 0.214 e. The Hall–Kier alpha value is -0.390. The highest BCUT2D eigenvalue weighted by Crippen LogP contribution is 2.13. The summed E-state index contributed by atoms with van der Waals surface area (Å²) in [5.41, 5.74) is 5.72. The van der Waals surface area contributed by atoms with Crippen molar-refractivity contribution in [3.05, 3.63) is 12.7 Å². The molecule has 0 saturated carbocycles. The molecule has 1 heterocycles. The summed E-state index contributed by atoms with van der Waals surface area (Å²) in [4.78, 5) is 0. The molecule has 1 aliphatic rings. The number of hydrogen-bond donors (Lipinski definition) is 1. The number of nitrogens with two attached hydrogens (primary N) is 1. The third kappa shape index (κ3) is 3.08. The fraction of sp³-hybridized carbons (Fsp3) is 0.778. The Kier molecular flexibility index (Phi) is 4.10. The van der Waals surface area contributed by atoms with E-state index < -0.39 is 10.0 Å². The second-order valence-corrected chi connectivity index (χ2v) is 5.74. The van der Waals surface area contributed by atoms with Crippen LogP contribution in [0.3, 0.4) is 0 Å². The zero-order chi connectivity index (χ0) is 10.6. The standard InChI is InChI=1S/C9H18N2O2S/c1-2-3-7-14(12,13)11-6-4-5-9(10)8-11/h2,9H,1,3-8,10H2/t9-/m1/s1. The van der Waals surface area contributed by atoms with Gasteiger partial charge in [0.05, 0.1) is 5.75 Å². The Morgan fingerprint density at radius 2 is 2.29 bits per heavy atom. The minimum absolute atomic E-state index is 0.00209. The van der Waals surface area contributed by atoms with Crippen molar-refractivity contribution in [2.75, 3.05) is 18.8 Å². The average molecular weight is 218 g/mol. The van der Waals surface area contributed by atoms with E-state index in [2.05, 4.69) is 6.58 Å². The molecule has 0 spiro atoms. The molecule has 2 N–H and O–H groups in total. The van der Waals surface area contributed by atoms with Crippen LogP contribution >= 0.6 is 0 Å². The highest BCUT2D eigenvalue weighted by Gasteiger charge is 2.26. The maximum absolute atomic E-state index is 11.7. The summed E-state index contributed by atoms with van der Waals surface area (Å²) in [6.07, 6.45) is 3.93. The van der Waals surface area contributed by atoms with Gasteiger partial charge in [0, 0.05) is 19.1 Å². The van der Waals surface area contributed by atoms with Gasteiger partial charge in [-0.05, 0) is 19.3 Å². The second kappa shape index (κ2) is 4.91. The van der Waals surface area contributed by atoms with Crippen LogP contribution in [0.15, 0.2) is 12.7 Å². The fourth-order valence-corrected chi connectivity index (χ4v) is 3.14. The molecule has 14 heavy (non-hydrogen) atoms. The molecule has 1 aliphatic heterocycles. The van der Waals surface area contributed by atoms with E-state index in [1.807, 2.05) is 0 Å². The van der Waals surface area contributed by atoms with Crippen molar-refractivity contribution in [1.82, 2.24) is 4.31 Å². The SMILES string of the molecule is C=CCCS(=O)(=O)N1CCC[C@@H](N)C1. The van der Waals surface area contributed by atoms with Crippen molar-refractivity contribution in [2.24, 2.45) is 5.73 Å². The number of rotatable bonds is 4. The second-order valence-electron chi connectivity index (χ2n) is 3.65. The van der Waals surface area contributed by atoms with Crippen molar-refractivity contribution >= 4 is 10.0 Å². The molecule has 82 valence electrons. The largest absolute Gasteiger partial charge is 0.327 e. The molecule has 5 heteroatoms. The molecule has 0 aromatic rings.